The van der Waals surface area contributed by atoms with Crippen LogP contribution in [-0.2, 0) is 9.53 Å². The molecule has 0 radical (unpaired) electrons. The van der Waals surface area contributed by atoms with Crippen molar-refractivity contribution in [2.24, 2.45) is 5.92 Å². The highest BCUT2D eigenvalue weighted by molar-refractivity contribution is 5.92. The molecule has 3 aromatic rings. The van der Waals surface area contributed by atoms with Gasteiger partial charge in [0.2, 0.25) is 5.91 Å². The zero-order valence-corrected chi connectivity index (χ0v) is 19.5. The molecule has 1 unspecified atom stereocenters. The van der Waals surface area contributed by atoms with E-state index in [1.165, 1.54) is 6.33 Å². The molecule has 11 nitrogen and oxygen atoms in total. The molecule has 2 aliphatic heterocycles. The van der Waals surface area contributed by atoms with Crippen molar-refractivity contribution in [3.63, 3.8) is 0 Å². The van der Waals surface area contributed by atoms with Gasteiger partial charge in [-0.05, 0) is 32.8 Å². The van der Waals surface area contributed by atoms with Crippen molar-refractivity contribution in [1.29, 1.82) is 0 Å². The molecule has 2 aliphatic rings. The van der Waals surface area contributed by atoms with Crippen LogP contribution >= 0.6 is 0 Å². The Bertz CT molecular complexity index is 1160. The molecule has 3 aromatic heterocycles. The average Bonchev–Trinajstić information content (AvgIpc) is 3.22. The Kier molecular flexibility index (Phi) is 6.35. The zero-order valence-electron chi connectivity index (χ0n) is 19.5. The van der Waals surface area contributed by atoms with Gasteiger partial charge in [0.1, 0.15) is 30.1 Å². The maximum absolute atomic E-state index is 13.1. The van der Waals surface area contributed by atoms with Crippen LogP contribution in [0.25, 0.3) is 5.82 Å². The first-order valence-electron chi connectivity index (χ1n) is 11.6. The first kappa shape index (κ1) is 22.2. The third-order valence-corrected chi connectivity index (χ3v) is 6.22. The Hall–Kier alpha value is -3.60. The van der Waals surface area contributed by atoms with E-state index < -0.39 is 0 Å². The third-order valence-electron chi connectivity index (χ3n) is 6.22. The van der Waals surface area contributed by atoms with E-state index in [4.69, 9.17) is 4.74 Å². The van der Waals surface area contributed by atoms with E-state index in [-0.39, 0.29) is 11.8 Å². The van der Waals surface area contributed by atoms with Gasteiger partial charge in [0, 0.05) is 44.0 Å². The summed E-state index contributed by atoms with van der Waals surface area (Å²) >= 11 is 0. The highest BCUT2D eigenvalue weighted by Gasteiger charge is 2.27. The van der Waals surface area contributed by atoms with E-state index >= 15 is 0 Å². The van der Waals surface area contributed by atoms with E-state index in [0.717, 1.165) is 61.3 Å². The first-order valence-corrected chi connectivity index (χ1v) is 11.6. The number of nitrogens with zero attached hydrogens (tertiary/aromatic N) is 8. The Morgan fingerprint density at radius 2 is 1.68 bits per heavy atom. The molecule has 34 heavy (non-hydrogen) atoms. The maximum Gasteiger partial charge on any atom is 0.230 e. The van der Waals surface area contributed by atoms with Crippen LogP contribution in [0.2, 0.25) is 0 Å². The normalized spacial score (nSPS) is 18.7. The molecule has 0 bridgehead atoms. The van der Waals surface area contributed by atoms with Crippen molar-refractivity contribution in [3.05, 3.63) is 42.2 Å². The van der Waals surface area contributed by atoms with Gasteiger partial charge in [-0.25, -0.2) is 24.6 Å². The molecular formula is C23H29N9O2. The number of aromatic nitrogens is 6. The second-order valence-electron chi connectivity index (χ2n) is 8.71. The van der Waals surface area contributed by atoms with E-state index in [1.54, 1.807) is 6.33 Å². The predicted octanol–water partition coefficient (Wildman–Crippen LogP) is 1.76. The van der Waals surface area contributed by atoms with Crippen LogP contribution in [0.1, 0.15) is 24.2 Å². The van der Waals surface area contributed by atoms with Gasteiger partial charge < -0.3 is 19.9 Å². The smallest absolute Gasteiger partial charge is 0.230 e. The van der Waals surface area contributed by atoms with Crippen LogP contribution in [0.5, 0.6) is 0 Å². The molecule has 0 aliphatic carbocycles. The van der Waals surface area contributed by atoms with Gasteiger partial charge in [-0.15, -0.1) is 0 Å². The molecule has 1 N–H and O–H groups in total. The summed E-state index contributed by atoms with van der Waals surface area (Å²) in [4.78, 5) is 34.8. The summed E-state index contributed by atoms with van der Waals surface area (Å²) in [6, 6.07) is 5.77. The van der Waals surface area contributed by atoms with Crippen LogP contribution in [0.3, 0.4) is 0 Å². The second-order valence-corrected chi connectivity index (χ2v) is 8.71. The Morgan fingerprint density at radius 1 is 0.941 bits per heavy atom. The van der Waals surface area contributed by atoms with Crippen molar-refractivity contribution < 1.29 is 9.53 Å². The number of rotatable bonds is 5. The average molecular weight is 464 g/mol. The number of hydrogen-bond acceptors (Lipinski definition) is 9. The number of piperidine rings is 1. The summed E-state index contributed by atoms with van der Waals surface area (Å²) in [5, 5.41) is 7.51. The standard InChI is InChI=1S/C23H29N9O2/c1-16-10-17(2)32(29-16)22-12-21(26-15-27-22)31-5-3-4-18(13-31)23(33)28-19-11-20(25-14-24-19)30-6-8-34-9-7-30/h10-12,14-15,18H,3-9,13H2,1-2H3,(H,24,25,28,33). The summed E-state index contributed by atoms with van der Waals surface area (Å²) in [5.41, 5.74) is 1.95. The fourth-order valence-corrected chi connectivity index (χ4v) is 4.50. The summed E-state index contributed by atoms with van der Waals surface area (Å²) in [6.07, 6.45) is 4.77. The van der Waals surface area contributed by atoms with Crippen molar-refractivity contribution in [3.8, 4) is 5.82 Å². The summed E-state index contributed by atoms with van der Waals surface area (Å²) in [7, 11) is 0. The molecule has 2 fully saturated rings. The Labute approximate surface area is 198 Å². The number of amides is 1. The van der Waals surface area contributed by atoms with Crippen LogP contribution in [0, 0.1) is 19.8 Å². The molecular weight excluding hydrogens is 434 g/mol. The number of carbonyl (C=O) groups is 1. The highest BCUT2D eigenvalue weighted by atomic mass is 16.5. The number of morpholine rings is 1. The van der Waals surface area contributed by atoms with Crippen molar-refractivity contribution >= 4 is 23.4 Å². The van der Waals surface area contributed by atoms with Gasteiger partial charge in [0.05, 0.1) is 24.8 Å². The first-order chi connectivity index (χ1) is 16.6. The van der Waals surface area contributed by atoms with Gasteiger partial charge in [-0.1, -0.05) is 0 Å². The molecule has 178 valence electrons. The molecule has 2 saturated heterocycles. The fourth-order valence-electron chi connectivity index (χ4n) is 4.50. The van der Waals surface area contributed by atoms with Gasteiger partial charge in [0.15, 0.2) is 5.82 Å². The van der Waals surface area contributed by atoms with Gasteiger partial charge in [-0.3, -0.25) is 4.79 Å². The molecule has 0 spiro atoms. The number of ether oxygens (including phenoxy) is 1. The summed E-state index contributed by atoms with van der Waals surface area (Å²) < 4.78 is 7.22. The van der Waals surface area contributed by atoms with Gasteiger partial charge in [-0.2, -0.15) is 5.10 Å². The minimum absolute atomic E-state index is 0.0378. The monoisotopic (exact) mass is 463 g/mol. The number of anilines is 3. The van der Waals surface area contributed by atoms with Crippen molar-refractivity contribution in [2.45, 2.75) is 26.7 Å². The second kappa shape index (κ2) is 9.72. The number of nitrogens with one attached hydrogen (secondary N) is 1. The Morgan fingerprint density at radius 3 is 2.44 bits per heavy atom. The predicted molar refractivity (Wildman–Crippen MR) is 127 cm³/mol. The summed E-state index contributed by atoms with van der Waals surface area (Å²) in [5.74, 6) is 2.64. The summed E-state index contributed by atoms with van der Waals surface area (Å²) in [6.45, 7) is 8.29. The minimum Gasteiger partial charge on any atom is -0.378 e. The number of carbonyl (C=O) groups excluding carboxylic acids is 1. The lowest BCUT2D eigenvalue weighted by Crippen LogP contribution is -2.41. The maximum atomic E-state index is 13.1. The van der Waals surface area contributed by atoms with Crippen LogP contribution < -0.4 is 15.1 Å². The van der Waals surface area contributed by atoms with Gasteiger partial charge in [0.25, 0.3) is 0 Å². The van der Waals surface area contributed by atoms with Crippen LogP contribution in [0.4, 0.5) is 17.5 Å². The van der Waals surface area contributed by atoms with E-state index in [9.17, 15) is 4.79 Å². The molecule has 5 rings (SSSR count). The van der Waals surface area contributed by atoms with Crippen molar-refractivity contribution in [1.82, 2.24) is 29.7 Å². The quantitative estimate of drug-likeness (QED) is 0.604. The lowest BCUT2D eigenvalue weighted by Gasteiger charge is -2.33. The number of hydrogen-bond donors (Lipinski definition) is 1. The van der Waals surface area contributed by atoms with Crippen LogP contribution in [-0.4, -0.2) is 75.0 Å². The van der Waals surface area contributed by atoms with E-state index in [2.05, 4.69) is 40.2 Å². The topological polar surface area (TPSA) is 114 Å². The highest BCUT2D eigenvalue weighted by Crippen LogP contribution is 2.24. The largest absolute Gasteiger partial charge is 0.378 e. The Balaban J connectivity index is 1.26. The molecule has 0 aromatic carbocycles. The van der Waals surface area contributed by atoms with Crippen LogP contribution in [0.15, 0.2) is 30.9 Å². The van der Waals surface area contributed by atoms with Gasteiger partial charge >= 0.3 is 0 Å². The molecule has 1 atom stereocenters. The lowest BCUT2D eigenvalue weighted by molar-refractivity contribution is -0.120. The fraction of sp³-hybridized carbons (Fsp3) is 0.478. The third kappa shape index (κ3) is 4.84. The molecule has 1 amide bonds. The molecule has 11 heteroatoms. The van der Waals surface area contributed by atoms with E-state index in [1.807, 2.05) is 36.7 Å². The minimum atomic E-state index is -0.164. The van der Waals surface area contributed by atoms with E-state index in [0.29, 0.717) is 25.6 Å². The lowest BCUT2D eigenvalue weighted by atomic mass is 9.97. The molecule has 5 heterocycles. The molecule has 0 saturated carbocycles. The zero-order chi connectivity index (χ0) is 23.5. The number of aryl methyl sites for hydroxylation is 2. The SMILES string of the molecule is Cc1cc(C)n(-c2cc(N3CCCC(C(=O)Nc4cc(N5CCOCC5)ncn4)C3)ncn2)n1. The van der Waals surface area contributed by atoms with Crippen molar-refractivity contribution in [2.75, 3.05) is 54.5 Å².